The molecule has 1 aliphatic rings. The second kappa shape index (κ2) is 5.81. The van der Waals surface area contributed by atoms with Gasteiger partial charge in [0.05, 0.1) is 23.1 Å². The van der Waals surface area contributed by atoms with Crippen molar-refractivity contribution in [1.82, 2.24) is 9.55 Å². The Morgan fingerprint density at radius 1 is 1.18 bits per heavy atom. The molecule has 1 aromatic heterocycles. The average Bonchev–Trinajstić information content (AvgIpc) is 3.11. The molecule has 1 N–H and O–H groups in total. The molecule has 0 fully saturated rings. The lowest BCUT2D eigenvalue weighted by molar-refractivity contribution is -0.287. The number of carboxylic acid groups (broad SMARTS) is 1. The Morgan fingerprint density at radius 2 is 1.93 bits per heavy atom. The van der Waals surface area contributed by atoms with Gasteiger partial charge in [-0.05, 0) is 24.3 Å². The Balaban J connectivity index is 1.86. The maximum Gasteiger partial charge on any atom is 0.586 e. The maximum absolute atomic E-state index is 13.5. The Kier molecular flexibility index (Phi) is 3.74. The third-order valence-corrected chi connectivity index (χ3v) is 4.09. The van der Waals surface area contributed by atoms with Gasteiger partial charge in [0.25, 0.3) is 0 Å². The highest BCUT2D eigenvalue weighted by molar-refractivity contribution is 5.92. The molecule has 0 aliphatic carbocycles. The monoisotopic (exact) mass is 400 g/mol. The summed E-state index contributed by atoms with van der Waals surface area (Å²) in [5, 5.41) is 9.01. The van der Waals surface area contributed by atoms with Crippen LogP contribution in [0.2, 0.25) is 0 Å². The summed E-state index contributed by atoms with van der Waals surface area (Å²) in [6.45, 7) is -0.500. The lowest BCUT2D eigenvalue weighted by Gasteiger charge is -2.13. The van der Waals surface area contributed by atoms with Gasteiger partial charge in [-0.15, -0.1) is 8.78 Å². The largest absolute Gasteiger partial charge is 0.586 e. The van der Waals surface area contributed by atoms with Crippen molar-refractivity contribution >= 4 is 17.0 Å². The first kappa shape index (κ1) is 18.0. The van der Waals surface area contributed by atoms with E-state index < -0.39 is 30.8 Å². The van der Waals surface area contributed by atoms with Crippen LogP contribution in [0, 0.1) is 0 Å². The number of benzene rings is 2. The molecule has 11 heteroatoms. The van der Waals surface area contributed by atoms with Gasteiger partial charge in [0, 0.05) is 5.56 Å². The van der Waals surface area contributed by atoms with Crippen molar-refractivity contribution < 1.29 is 41.3 Å². The number of hydrogen-bond acceptors (Lipinski definition) is 4. The molecular formula is C17H9F5N2O4. The van der Waals surface area contributed by atoms with E-state index >= 15 is 0 Å². The van der Waals surface area contributed by atoms with Crippen molar-refractivity contribution in [2.24, 2.45) is 0 Å². The number of imidazole rings is 1. The quantitative estimate of drug-likeness (QED) is 0.670. The van der Waals surface area contributed by atoms with E-state index in [1.54, 1.807) is 0 Å². The summed E-state index contributed by atoms with van der Waals surface area (Å²) in [7, 11) is 0. The zero-order valence-corrected chi connectivity index (χ0v) is 13.6. The van der Waals surface area contributed by atoms with Gasteiger partial charge in [0.2, 0.25) is 5.82 Å². The van der Waals surface area contributed by atoms with Gasteiger partial charge in [-0.2, -0.15) is 13.2 Å². The highest BCUT2D eigenvalue weighted by Crippen LogP contribution is 2.44. The molecule has 6 nitrogen and oxygen atoms in total. The number of fused-ring (bicyclic) bond motifs is 2. The zero-order valence-electron chi connectivity index (χ0n) is 13.6. The summed E-state index contributed by atoms with van der Waals surface area (Å²) in [5.74, 6) is -3.29. The number of rotatable bonds is 3. The Morgan fingerprint density at radius 3 is 2.61 bits per heavy atom. The molecule has 2 heterocycles. The van der Waals surface area contributed by atoms with E-state index in [9.17, 15) is 26.7 Å². The topological polar surface area (TPSA) is 73.6 Å². The first-order valence-corrected chi connectivity index (χ1v) is 7.74. The fourth-order valence-corrected chi connectivity index (χ4v) is 2.96. The minimum absolute atomic E-state index is 0.0133. The number of nitrogens with zero attached hydrogens (tertiary/aromatic N) is 2. The van der Waals surface area contributed by atoms with Crippen LogP contribution in [0.5, 0.6) is 11.5 Å². The normalized spacial score (nSPS) is 15.2. The molecule has 0 radical (unpaired) electrons. The SMILES string of the molecule is O=C(O)c1ccc2c(c1)nc(C(F)(F)F)n2Cc1cccc2c1OC(F)(F)O2. The van der Waals surface area contributed by atoms with Crippen LogP contribution in [0.4, 0.5) is 22.0 Å². The van der Waals surface area contributed by atoms with Crippen molar-refractivity contribution in [3.8, 4) is 11.5 Å². The van der Waals surface area contributed by atoms with Crippen molar-refractivity contribution in [2.45, 2.75) is 19.0 Å². The predicted molar refractivity (Wildman–Crippen MR) is 83.4 cm³/mol. The second-order valence-electron chi connectivity index (χ2n) is 5.94. The van der Waals surface area contributed by atoms with Crippen LogP contribution in [0.25, 0.3) is 11.0 Å². The van der Waals surface area contributed by atoms with Gasteiger partial charge in [0.1, 0.15) is 0 Å². The van der Waals surface area contributed by atoms with Crippen molar-refractivity contribution in [1.29, 1.82) is 0 Å². The lowest BCUT2D eigenvalue weighted by atomic mass is 10.1. The molecule has 0 atom stereocenters. The number of halogens is 5. The molecule has 0 spiro atoms. The third-order valence-electron chi connectivity index (χ3n) is 4.09. The molecule has 28 heavy (non-hydrogen) atoms. The first-order valence-electron chi connectivity index (χ1n) is 7.74. The van der Waals surface area contributed by atoms with Crippen molar-refractivity contribution in [3.63, 3.8) is 0 Å². The zero-order chi connectivity index (χ0) is 20.3. The standard InChI is InChI=1S/C17H9F5N2O4/c18-16(19,20)15-23-10-6-8(14(25)26)4-5-11(10)24(15)7-9-2-1-3-12-13(9)28-17(21,22)27-12/h1-6H,7H2,(H,25,26). The summed E-state index contributed by atoms with van der Waals surface area (Å²) in [6.07, 6.45) is -8.78. The highest BCUT2D eigenvalue weighted by atomic mass is 19.4. The van der Waals surface area contributed by atoms with Gasteiger partial charge in [-0.25, -0.2) is 9.78 Å². The molecule has 3 aromatic rings. The Labute approximate surface area is 152 Å². The summed E-state index contributed by atoms with van der Waals surface area (Å²) in [5.41, 5.74) is -0.424. The van der Waals surface area contributed by atoms with Gasteiger partial charge in [-0.1, -0.05) is 12.1 Å². The summed E-state index contributed by atoms with van der Waals surface area (Å²) in [6, 6.07) is 7.18. The van der Waals surface area contributed by atoms with Gasteiger partial charge >= 0.3 is 18.4 Å². The second-order valence-corrected chi connectivity index (χ2v) is 5.94. The van der Waals surface area contributed by atoms with Gasteiger partial charge in [0.15, 0.2) is 11.5 Å². The third kappa shape index (κ3) is 2.98. The van der Waals surface area contributed by atoms with E-state index in [1.165, 1.54) is 24.3 Å². The van der Waals surface area contributed by atoms with Crippen LogP contribution >= 0.6 is 0 Å². The van der Waals surface area contributed by atoms with Crippen LogP contribution in [0.15, 0.2) is 36.4 Å². The van der Waals surface area contributed by atoms with E-state index in [0.717, 1.165) is 16.7 Å². The van der Waals surface area contributed by atoms with E-state index in [-0.39, 0.29) is 33.7 Å². The number of para-hydroxylation sites is 1. The van der Waals surface area contributed by atoms with Crippen LogP contribution in [-0.2, 0) is 12.7 Å². The molecule has 0 saturated heterocycles. The fraction of sp³-hybridized carbons (Fsp3) is 0.176. The van der Waals surface area contributed by atoms with E-state index in [2.05, 4.69) is 14.5 Å². The molecule has 0 unspecified atom stereocenters. The van der Waals surface area contributed by atoms with Crippen molar-refractivity contribution in [3.05, 3.63) is 53.3 Å². The minimum atomic E-state index is -4.86. The van der Waals surface area contributed by atoms with E-state index in [4.69, 9.17) is 5.11 Å². The molecular weight excluding hydrogens is 391 g/mol. The smallest absolute Gasteiger partial charge is 0.478 e. The number of carbonyl (C=O) groups is 1. The minimum Gasteiger partial charge on any atom is -0.478 e. The maximum atomic E-state index is 13.5. The van der Waals surface area contributed by atoms with Gasteiger partial charge < -0.3 is 19.1 Å². The van der Waals surface area contributed by atoms with E-state index in [0.29, 0.717) is 0 Å². The number of ether oxygens (including phenoxy) is 2. The van der Waals surface area contributed by atoms with Crippen LogP contribution in [0.3, 0.4) is 0 Å². The van der Waals surface area contributed by atoms with Gasteiger partial charge in [-0.3, -0.25) is 0 Å². The molecule has 146 valence electrons. The predicted octanol–water partition coefficient (Wildman–Crippen LogP) is 4.12. The van der Waals surface area contributed by atoms with E-state index in [1.807, 2.05) is 0 Å². The molecule has 0 bridgehead atoms. The van der Waals surface area contributed by atoms with Crippen molar-refractivity contribution in [2.75, 3.05) is 0 Å². The molecule has 0 saturated carbocycles. The van der Waals surface area contributed by atoms with Crippen LogP contribution in [0.1, 0.15) is 21.7 Å². The lowest BCUT2D eigenvalue weighted by Crippen LogP contribution is -2.26. The number of aromatic carboxylic acids is 1. The number of hydrogen-bond donors (Lipinski definition) is 1. The summed E-state index contributed by atoms with van der Waals surface area (Å²) >= 11 is 0. The number of carboxylic acids is 1. The molecule has 0 amide bonds. The fourth-order valence-electron chi connectivity index (χ4n) is 2.96. The van der Waals surface area contributed by atoms with Crippen LogP contribution in [-0.4, -0.2) is 26.9 Å². The highest BCUT2D eigenvalue weighted by Gasteiger charge is 2.45. The molecule has 4 rings (SSSR count). The summed E-state index contributed by atoms with van der Waals surface area (Å²) < 4.78 is 76.6. The average molecular weight is 400 g/mol. The first-order chi connectivity index (χ1) is 13.0. The number of aromatic nitrogens is 2. The Hall–Kier alpha value is -3.37. The molecule has 1 aliphatic heterocycles. The molecule has 2 aromatic carbocycles. The summed E-state index contributed by atoms with van der Waals surface area (Å²) in [4.78, 5) is 14.6. The number of alkyl halides is 5. The van der Waals surface area contributed by atoms with Crippen LogP contribution < -0.4 is 9.47 Å². The Bertz CT molecular complexity index is 1110.